The minimum absolute atomic E-state index is 0.0644. The summed E-state index contributed by atoms with van der Waals surface area (Å²) in [5, 5.41) is 0.735. The summed E-state index contributed by atoms with van der Waals surface area (Å²) in [6.45, 7) is 4.39. The third kappa shape index (κ3) is 4.06. The molecule has 0 amide bonds. The smallest absolute Gasteiger partial charge is 0.208 e. The van der Waals surface area contributed by atoms with Crippen molar-refractivity contribution in [3.05, 3.63) is 29.8 Å². The summed E-state index contributed by atoms with van der Waals surface area (Å²) in [7, 11) is -3.40. The molecule has 1 fully saturated rings. The summed E-state index contributed by atoms with van der Waals surface area (Å²) < 4.78 is 27.7. The topological polar surface area (TPSA) is 46.2 Å². The highest BCUT2D eigenvalue weighted by Gasteiger charge is 2.27. The molecular weight excluding hydrogens is 338 g/mol. The van der Waals surface area contributed by atoms with E-state index < -0.39 is 10.0 Å². The molecular formula is C15H22BrNO2S. The monoisotopic (exact) mass is 359 g/mol. The molecule has 0 bridgehead atoms. The summed E-state index contributed by atoms with van der Waals surface area (Å²) in [4.78, 5) is 0.355. The first-order valence-corrected chi connectivity index (χ1v) is 9.68. The van der Waals surface area contributed by atoms with E-state index in [1.807, 2.05) is 12.1 Å². The standard InChI is InChI=1S/C15H22BrNO2S/c1-11-7-12(2)9-14(8-11)17-20(18,19)15-5-3-13(10-16)4-6-15/h3-6,11-12,14,17H,7-10H2,1-2H3. The van der Waals surface area contributed by atoms with E-state index in [0.29, 0.717) is 16.7 Å². The van der Waals surface area contributed by atoms with Gasteiger partial charge in [0.15, 0.2) is 0 Å². The number of hydrogen-bond acceptors (Lipinski definition) is 2. The van der Waals surface area contributed by atoms with E-state index in [0.717, 1.165) is 23.7 Å². The predicted octanol–water partition coefficient (Wildman–Crippen LogP) is 3.68. The van der Waals surface area contributed by atoms with Crippen LogP contribution in [0.5, 0.6) is 0 Å². The maximum atomic E-state index is 12.4. The summed E-state index contributed by atoms with van der Waals surface area (Å²) in [5.41, 5.74) is 1.07. The highest BCUT2D eigenvalue weighted by atomic mass is 79.9. The molecule has 1 N–H and O–H groups in total. The van der Waals surface area contributed by atoms with Gasteiger partial charge in [0, 0.05) is 11.4 Å². The van der Waals surface area contributed by atoms with Gasteiger partial charge in [-0.25, -0.2) is 13.1 Å². The van der Waals surface area contributed by atoms with E-state index in [2.05, 4.69) is 34.5 Å². The molecule has 0 radical (unpaired) electrons. The second kappa shape index (κ2) is 6.58. The van der Waals surface area contributed by atoms with Crippen LogP contribution in [0.25, 0.3) is 0 Å². The van der Waals surface area contributed by atoms with Gasteiger partial charge in [-0.1, -0.05) is 41.9 Å². The van der Waals surface area contributed by atoms with Gasteiger partial charge < -0.3 is 0 Å². The van der Waals surface area contributed by atoms with Gasteiger partial charge in [-0.2, -0.15) is 0 Å². The minimum Gasteiger partial charge on any atom is -0.208 e. The van der Waals surface area contributed by atoms with Gasteiger partial charge in [0.25, 0.3) is 0 Å². The lowest BCUT2D eigenvalue weighted by Gasteiger charge is -2.31. The molecule has 0 aliphatic heterocycles. The maximum absolute atomic E-state index is 12.4. The number of halogens is 1. The molecule has 3 nitrogen and oxygen atoms in total. The number of benzene rings is 1. The summed E-state index contributed by atoms with van der Waals surface area (Å²) in [6.07, 6.45) is 3.06. The van der Waals surface area contributed by atoms with Crippen LogP contribution in [-0.4, -0.2) is 14.5 Å². The molecule has 1 aliphatic rings. The zero-order chi connectivity index (χ0) is 14.8. The molecule has 2 unspecified atom stereocenters. The number of hydrogen-bond donors (Lipinski definition) is 1. The van der Waals surface area contributed by atoms with E-state index in [1.54, 1.807) is 12.1 Å². The summed E-state index contributed by atoms with van der Waals surface area (Å²) in [6, 6.07) is 7.10. The van der Waals surface area contributed by atoms with Crippen LogP contribution in [0.3, 0.4) is 0 Å². The van der Waals surface area contributed by atoms with Crippen LogP contribution in [0.15, 0.2) is 29.2 Å². The van der Waals surface area contributed by atoms with Gasteiger partial charge in [-0.15, -0.1) is 0 Å². The molecule has 0 saturated heterocycles. The van der Waals surface area contributed by atoms with Gasteiger partial charge in [-0.3, -0.25) is 0 Å². The summed E-state index contributed by atoms with van der Waals surface area (Å²) >= 11 is 3.36. The van der Waals surface area contributed by atoms with Gasteiger partial charge in [0.05, 0.1) is 4.90 Å². The normalized spacial score (nSPS) is 27.4. The van der Waals surface area contributed by atoms with Crippen LogP contribution in [-0.2, 0) is 15.4 Å². The first-order chi connectivity index (χ1) is 9.40. The Morgan fingerprint density at radius 1 is 1.10 bits per heavy atom. The molecule has 20 heavy (non-hydrogen) atoms. The minimum atomic E-state index is -3.40. The first kappa shape index (κ1) is 16.0. The van der Waals surface area contributed by atoms with E-state index in [4.69, 9.17) is 0 Å². The van der Waals surface area contributed by atoms with Crippen LogP contribution < -0.4 is 4.72 Å². The fourth-order valence-corrected chi connectivity index (χ4v) is 4.72. The van der Waals surface area contributed by atoms with Crippen molar-refractivity contribution in [3.63, 3.8) is 0 Å². The molecule has 1 aromatic carbocycles. The van der Waals surface area contributed by atoms with Gasteiger partial charge in [0.1, 0.15) is 0 Å². The molecule has 0 spiro atoms. The average molecular weight is 360 g/mol. The first-order valence-electron chi connectivity index (χ1n) is 7.08. The Kier molecular flexibility index (Phi) is 5.26. The van der Waals surface area contributed by atoms with Gasteiger partial charge in [-0.05, 0) is 48.8 Å². The lowest BCUT2D eigenvalue weighted by molar-refractivity contribution is 0.257. The Morgan fingerprint density at radius 3 is 2.15 bits per heavy atom. The molecule has 0 aromatic heterocycles. The average Bonchev–Trinajstić information content (AvgIpc) is 2.37. The fourth-order valence-electron chi connectivity index (χ4n) is 3.09. The molecule has 1 saturated carbocycles. The van der Waals surface area contributed by atoms with Gasteiger partial charge >= 0.3 is 0 Å². The number of sulfonamides is 1. The number of nitrogens with one attached hydrogen (secondary N) is 1. The lowest BCUT2D eigenvalue weighted by atomic mass is 9.81. The molecule has 1 aliphatic carbocycles. The highest BCUT2D eigenvalue weighted by Crippen LogP contribution is 2.29. The Bertz CT molecular complexity index is 531. The number of alkyl halides is 1. The molecule has 0 heterocycles. The zero-order valence-corrected chi connectivity index (χ0v) is 14.4. The Hall–Kier alpha value is -0.390. The molecule has 1 aromatic rings. The fraction of sp³-hybridized carbons (Fsp3) is 0.600. The van der Waals surface area contributed by atoms with Crippen LogP contribution in [0.1, 0.15) is 38.7 Å². The molecule has 112 valence electrons. The van der Waals surface area contributed by atoms with Gasteiger partial charge in [0.2, 0.25) is 10.0 Å². The van der Waals surface area contributed by atoms with Crippen molar-refractivity contribution >= 4 is 26.0 Å². The maximum Gasteiger partial charge on any atom is 0.240 e. The van der Waals surface area contributed by atoms with Crippen molar-refractivity contribution in [3.8, 4) is 0 Å². The lowest BCUT2D eigenvalue weighted by Crippen LogP contribution is -2.39. The third-order valence-electron chi connectivity index (χ3n) is 3.89. The third-order valence-corrected chi connectivity index (χ3v) is 6.07. The van der Waals surface area contributed by atoms with Crippen LogP contribution in [0.4, 0.5) is 0 Å². The Labute approximate surface area is 130 Å². The van der Waals surface area contributed by atoms with Crippen molar-refractivity contribution in [1.29, 1.82) is 0 Å². The Morgan fingerprint density at radius 2 is 1.65 bits per heavy atom. The molecule has 2 atom stereocenters. The van der Waals surface area contributed by atoms with Crippen molar-refractivity contribution < 1.29 is 8.42 Å². The zero-order valence-electron chi connectivity index (χ0n) is 12.0. The molecule has 2 rings (SSSR count). The van der Waals surface area contributed by atoms with Crippen LogP contribution in [0.2, 0.25) is 0 Å². The van der Waals surface area contributed by atoms with Crippen molar-refractivity contribution in [1.82, 2.24) is 4.72 Å². The van der Waals surface area contributed by atoms with E-state index in [1.165, 1.54) is 6.42 Å². The molecule has 5 heteroatoms. The Balaban J connectivity index is 2.09. The number of rotatable bonds is 4. The van der Waals surface area contributed by atoms with Crippen molar-refractivity contribution in [2.45, 2.75) is 49.4 Å². The van der Waals surface area contributed by atoms with E-state index in [-0.39, 0.29) is 6.04 Å². The van der Waals surface area contributed by atoms with Crippen molar-refractivity contribution in [2.24, 2.45) is 11.8 Å². The van der Waals surface area contributed by atoms with E-state index >= 15 is 0 Å². The predicted molar refractivity (Wildman–Crippen MR) is 85.4 cm³/mol. The largest absolute Gasteiger partial charge is 0.240 e. The van der Waals surface area contributed by atoms with Crippen LogP contribution in [0, 0.1) is 11.8 Å². The second-order valence-electron chi connectivity index (χ2n) is 6.01. The quantitative estimate of drug-likeness (QED) is 0.833. The van der Waals surface area contributed by atoms with Crippen LogP contribution >= 0.6 is 15.9 Å². The SMILES string of the molecule is CC1CC(C)CC(NS(=O)(=O)c2ccc(CBr)cc2)C1. The van der Waals surface area contributed by atoms with E-state index in [9.17, 15) is 8.42 Å². The highest BCUT2D eigenvalue weighted by molar-refractivity contribution is 9.08. The summed E-state index contributed by atoms with van der Waals surface area (Å²) in [5.74, 6) is 1.17. The van der Waals surface area contributed by atoms with Crippen molar-refractivity contribution in [2.75, 3.05) is 0 Å². The second-order valence-corrected chi connectivity index (χ2v) is 8.29.